The van der Waals surface area contributed by atoms with E-state index >= 15 is 0 Å². The first-order valence-corrected chi connectivity index (χ1v) is 6.25. The Hall–Kier alpha value is -2.63. The lowest BCUT2D eigenvalue weighted by atomic mass is 10.1. The van der Waals surface area contributed by atoms with Crippen molar-refractivity contribution in [3.8, 4) is 11.5 Å². The zero-order valence-corrected chi connectivity index (χ0v) is 11.2. The van der Waals surface area contributed by atoms with Gasteiger partial charge in [-0.15, -0.1) is 0 Å². The van der Waals surface area contributed by atoms with Crippen LogP contribution in [0.3, 0.4) is 0 Å². The molecular weight excluding hydrogens is 258 g/mol. The van der Waals surface area contributed by atoms with Crippen LogP contribution < -0.4 is 0 Å². The van der Waals surface area contributed by atoms with Crippen LogP contribution in [0, 0.1) is 6.92 Å². The van der Waals surface area contributed by atoms with Crippen LogP contribution in [0.5, 0.6) is 0 Å². The largest absolute Gasteiger partial charge is 0.462 e. The molecule has 20 heavy (non-hydrogen) atoms. The Morgan fingerprint density at radius 2 is 2.35 bits per heavy atom. The van der Waals surface area contributed by atoms with Gasteiger partial charge in [-0.05, 0) is 25.5 Å². The number of oxazole rings is 1. The number of fused-ring (bicyclic) bond motifs is 1. The van der Waals surface area contributed by atoms with Gasteiger partial charge in [-0.25, -0.2) is 14.3 Å². The van der Waals surface area contributed by atoms with Crippen LogP contribution >= 0.6 is 0 Å². The number of esters is 1. The van der Waals surface area contributed by atoms with E-state index in [0.29, 0.717) is 23.6 Å². The summed E-state index contributed by atoms with van der Waals surface area (Å²) in [4.78, 5) is 16.2. The van der Waals surface area contributed by atoms with Crippen LogP contribution in [-0.4, -0.2) is 27.2 Å². The number of carbonyl (C=O) groups is 1. The molecule has 0 aliphatic carbocycles. The van der Waals surface area contributed by atoms with Crippen molar-refractivity contribution >= 4 is 11.5 Å². The van der Waals surface area contributed by atoms with E-state index in [2.05, 4.69) is 10.1 Å². The van der Waals surface area contributed by atoms with Gasteiger partial charge in [0.1, 0.15) is 6.26 Å². The zero-order valence-electron chi connectivity index (χ0n) is 11.2. The van der Waals surface area contributed by atoms with Gasteiger partial charge in [0.25, 0.3) is 0 Å². The number of aromatic nitrogens is 3. The average Bonchev–Trinajstić information content (AvgIpc) is 3.05. The summed E-state index contributed by atoms with van der Waals surface area (Å²) in [5.74, 6) is -0.0619. The van der Waals surface area contributed by atoms with Crippen molar-refractivity contribution in [2.75, 3.05) is 6.61 Å². The molecule has 6 heteroatoms. The second-order valence-corrected chi connectivity index (χ2v) is 4.34. The van der Waals surface area contributed by atoms with Gasteiger partial charge >= 0.3 is 5.97 Å². The molecule has 0 unspecified atom stereocenters. The summed E-state index contributed by atoms with van der Waals surface area (Å²) >= 11 is 0. The van der Waals surface area contributed by atoms with E-state index in [0.717, 1.165) is 11.1 Å². The molecule has 0 aliphatic heterocycles. The summed E-state index contributed by atoms with van der Waals surface area (Å²) in [6, 6.07) is 1.93. The van der Waals surface area contributed by atoms with Crippen molar-refractivity contribution in [2.24, 2.45) is 0 Å². The summed E-state index contributed by atoms with van der Waals surface area (Å²) in [7, 11) is 0. The Labute approximate surface area is 115 Å². The van der Waals surface area contributed by atoms with Crippen LogP contribution in [0.2, 0.25) is 0 Å². The summed E-state index contributed by atoms with van der Waals surface area (Å²) in [5, 5.41) is 4.22. The quantitative estimate of drug-likeness (QED) is 0.684. The molecule has 3 heterocycles. The lowest BCUT2D eigenvalue weighted by molar-refractivity contribution is 0.0526. The molecule has 0 saturated heterocycles. The summed E-state index contributed by atoms with van der Waals surface area (Å²) in [5.41, 5.74) is 2.73. The molecular formula is C14H13N3O3. The van der Waals surface area contributed by atoms with E-state index in [1.807, 2.05) is 19.2 Å². The van der Waals surface area contributed by atoms with Crippen LogP contribution in [-0.2, 0) is 4.74 Å². The van der Waals surface area contributed by atoms with Gasteiger partial charge in [0.2, 0.25) is 5.89 Å². The van der Waals surface area contributed by atoms with Crippen LogP contribution in [0.25, 0.3) is 17.0 Å². The molecule has 0 bridgehead atoms. The molecule has 3 rings (SSSR count). The standard InChI is InChI=1S/C14H13N3O3/c1-3-19-14(18)10-7-16-17-8-9(2)6-11(17)12(10)13-15-4-5-20-13/h4-8H,3H2,1-2H3. The second kappa shape index (κ2) is 4.80. The third-order valence-corrected chi connectivity index (χ3v) is 2.92. The van der Waals surface area contributed by atoms with Crippen LogP contribution in [0.1, 0.15) is 22.8 Å². The van der Waals surface area contributed by atoms with Crippen molar-refractivity contribution in [1.82, 2.24) is 14.6 Å². The zero-order chi connectivity index (χ0) is 14.1. The Balaban J connectivity index is 2.29. The number of rotatable bonds is 3. The molecule has 0 fully saturated rings. The molecule has 0 saturated carbocycles. The summed E-state index contributed by atoms with van der Waals surface area (Å²) in [6.45, 7) is 4.02. The van der Waals surface area contributed by atoms with Crippen molar-refractivity contribution in [3.63, 3.8) is 0 Å². The van der Waals surface area contributed by atoms with E-state index in [1.54, 1.807) is 11.4 Å². The molecule has 0 amide bonds. The minimum atomic E-state index is -0.436. The minimum Gasteiger partial charge on any atom is -0.462 e. The summed E-state index contributed by atoms with van der Waals surface area (Å²) < 4.78 is 12.1. The van der Waals surface area contributed by atoms with Gasteiger partial charge in [-0.1, -0.05) is 0 Å². The van der Waals surface area contributed by atoms with Gasteiger partial charge < -0.3 is 9.15 Å². The maximum absolute atomic E-state index is 12.1. The van der Waals surface area contributed by atoms with E-state index in [1.165, 1.54) is 18.7 Å². The number of ether oxygens (including phenoxy) is 1. The Morgan fingerprint density at radius 3 is 3.05 bits per heavy atom. The van der Waals surface area contributed by atoms with E-state index in [-0.39, 0.29) is 0 Å². The van der Waals surface area contributed by atoms with E-state index < -0.39 is 5.97 Å². The highest BCUT2D eigenvalue weighted by atomic mass is 16.5. The Bertz CT molecular complexity index is 759. The van der Waals surface area contributed by atoms with Crippen molar-refractivity contribution in [2.45, 2.75) is 13.8 Å². The fourth-order valence-electron chi connectivity index (χ4n) is 2.12. The van der Waals surface area contributed by atoms with Gasteiger partial charge in [-0.3, -0.25) is 0 Å². The maximum atomic E-state index is 12.1. The first kappa shape index (κ1) is 12.4. The lowest BCUT2D eigenvalue weighted by Gasteiger charge is -2.07. The summed E-state index contributed by atoms with van der Waals surface area (Å²) in [6.07, 6.45) is 6.36. The number of carbonyl (C=O) groups excluding carboxylic acids is 1. The smallest absolute Gasteiger partial charge is 0.340 e. The van der Waals surface area contributed by atoms with E-state index in [9.17, 15) is 4.79 Å². The van der Waals surface area contributed by atoms with Gasteiger partial charge in [0.15, 0.2) is 0 Å². The number of hydrogen-bond acceptors (Lipinski definition) is 5. The first-order valence-electron chi connectivity index (χ1n) is 6.25. The number of aryl methyl sites for hydroxylation is 1. The Kier molecular flexibility index (Phi) is 2.98. The molecule has 0 radical (unpaired) electrons. The molecule has 3 aromatic rings. The van der Waals surface area contributed by atoms with Gasteiger partial charge in [-0.2, -0.15) is 5.10 Å². The van der Waals surface area contributed by atoms with Crippen molar-refractivity contribution < 1.29 is 13.9 Å². The number of hydrogen-bond donors (Lipinski definition) is 0. The maximum Gasteiger partial charge on any atom is 0.340 e. The Morgan fingerprint density at radius 1 is 1.50 bits per heavy atom. The monoisotopic (exact) mass is 271 g/mol. The normalized spacial score (nSPS) is 10.9. The second-order valence-electron chi connectivity index (χ2n) is 4.34. The van der Waals surface area contributed by atoms with Gasteiger partial charge in [0, 0.05) is 6.20 Å². The van der Waals surface area contributed by atoms with Crippen LogP contribution in [0.4, 0.5) is 0 Å². The highest BCUT2D eigenvalue weighted by Crippen LogP contribution is 2.28. The third-order valence-electron chi connectivity index (χ3n) is 2.92. The minimum absolute atomic E-state index is 0.301. The average molecular weight is 271 g/mol. The lowest BCUT2D eigenvalue weighted by Crippen LogP contribution is -2.09. The van der Waals surface area contributed by atoms with Crippen LogP contribution in [0.15, 0.2) is 35.3 Å². The molecule has 0 atom stereocenters. The van der Waals surface area contributed by atoms with E-state index in [4.69, 9.17) is 9.15 Å². The van der Waals surface area contributed by atoms with Gasteiger partial charge in [0.05, 0.1) is 35.6 Å². The molecule has 3 aromatic heterocycles. The first-order chi connectivity index (χ1) is 9.70. The highest BCUT2D eigenvalue weighted by Gasteiger charge is 2.21. The molecule has 102 valence electrons. The predicted octanol–water partition coefficient (Wildman–Crippen LogP) is 2.47. The third kappa shape index (κ3) is 1.95. The molecule has 0 aliphatic rings. The molecule has 0 aromatic carbocycles. The fraction of sp³-hybridized carbons (Fsp3) is 0.214. The van der Waals surface area contributed by atoms with Crippen molar-refractivity contribution in [1.29, 1.82) is 0 Å². The SMILES string of the molecule is CCOC(=O)c1cnn2cc(C)cc2c1-c1ncco1. The molecule has 6 nitrogen and oxygen atoms in total. The highest BCUT2D eigenvalue weighted by molar-refractivity contribution is 6.00. The predicted molar refractivity (Wildman–Crippen MR) is 71.4 cm³/mol. The topological polar surface area (TPSA) is 69.6 Å². The fourth-order valence-corrected chi connectivity index (χ4v) is 2.12. The molecule has 0 spiro atoms. The van der Waals surface area contributed by atoms with Crippen molar-refractivity contribution in [3.05, 3.63) is 42.0 Å². The number of nitrogens with zero attached hydrogens (tertiary/aromatic N) is 3. The molecule has 0 N–H and O–H groups in total.